The molecule has 106 valence electrons. The minimum Gasteiger partial charge on any atom is -0.377 e. The Morgan fingerprint density at radius 1 is 0.895 bits per heavy atom. The minimum absolute atomic E-state index is 0.728. The molecule has 1 aromatic carbocycles. The predicted octanol–water partition coefficient (Wildman–Crippen LogP) is 2.36. The van der Waals surface area contributed by atoms with Crippen LogP contribution in [0, 0.1) is 0 Å². The summed E-state index contributed by atoms with van der Waals surface area (Å²) in [7, 11) is 0. The number of rotatable bonds is 6. The van der Waals surface area contributed by atoms with E-state index < -0.39 is 0 Å². The van der Waals surface area contributed by atoms with E-state index in [0.29, 0.717) is 0 Å². The van der Waals surface area contributed by atoms with Crippen LogP contribution >= 0.6 is 0 Å². The standard InChI is InChI=1S/C16H26N2O/c1-3-17-9-11-18(12-10-17)13-15-5-7-16(8-6-15)14-19-4-2/h5-8H,3-4,9-14H2,1-2H3. The van der Waals surface area contributed by atoms with Gasteiger partial charge in [-0.2, -0.15) is 0 Å². The fraction of sp³-hybridized carbons (Fsp3) is 0.625. The first-order valence-electron chi connectivity index (χ1n) is 7.42. The average Bonchev–Trinajstić information content (AvgIpc) is 2.47. The molecule has 19 heavy (non-hydrogen) atoms. The van der Waals surface area contributed by atoms with Crippen molar-refractivity contribution in [3.8, 4) is 0 Å². The highest BCUT2D eigenvalue weighted by atomic mass is 16.5. The van der Waals surface area contributed by atoms with E-state index >= 15 is 0 Å². The van der Waals surface area contributed by atoms with Crippen LogP contribution in [-0.2, 0) is 17.9 Å². The number of hydrogen-bond acceptors (Lipinski definition) is 3. The maximum atomic E-state index is 5.42. The third-order valence-corrected chi connectivity index (χ3v) is 3.81. The second-order valence-corrected chi connectivity index (χ2v) is 5.16. The fourth-order valence-electron chi connectivity index (χ4n) is 2.48. The van der Waals surface area contributed by atoms with Crippen LogP contribution < -0.4 is 0 Å². The highest BCUT2D eigenvalue weighted by Crippen LogP contribution is 2.10. The third-order valence-electron chi connectivity index (χ3n) is 3.81. The summed E-state index contributed by atoms with van der Waals surface area (Å²) in [6.45, 7) is 12.8. The molecule has 1 heterocycles. The van der Waals surface area contributed by atoms with E-state index in [1.807, 2.05) is 6.92 Å². The molecule has 0 atom stereocenters. The molecule has 0 aromatic heterocycles. The molecule has 0 radical (unpaired) electrons. The SMILES string of the molecule is CCOCc1ccc(CN2CCN(CC)CC2)cc1. The van der Waals surface area contributed by atoms with Gasteiger partial charge in [-0.15, -0.1) is 0 Å². The second-order valence-electron chi connectivity index (χ2n) is 5.16. The molecular formula is C16H26N2O. The first kappa shape index (κ1) is 14.5. The number of piperazine rings is 1. The summed E-state index contributed by atoms with van der Waals surface area (Å²) in [5, 5.41) is 0. The number of nitrogens with zero attached hydrogens (tertiary/aromatic N) is 2. The molecule has 1 saturated heterocycles. The number of benzene rings is 1. The van der Waals surface area contributed by atoms with Crippen LogP contribution in [0.4, 0.5) is 0 Å². The van der Waals surface area contributed by atoms with Crippen molar-refractivity contribution in [2.75, 3.05) is 39.3 Å². The summed E-state index contributed by atoms with van der Waals surface area (Å²) in [6, 6.07) is 8.85. The van der Waals surface area contributed by atoms with Crippen LogP contribution in [0.5, 0.6) is 0 Å². The van der Waals surface area contributed by atoms with Crippen LogP contribution in [0.15, 0.2) is 24.3 Å². The summed E-state index contributed by atoms with van der Waals surface area (Å²) < 4.78 is 5.42. The molecule has 0 amide bonds. The molecule has 0 spiro atoms. The van der Waals surface area contributed by atoms with Gasteiger partial charge in [-0.1, -0.05) is 31.2 Å². The zero-order valence-corrected chi connectivity index (χ0v) is 12.3. The Morgan fingerprint density at radius 3 is 2.05 bits per heavy atom. The lowest BCUT2D eigenvalue weighted by molar-refractivity contribution is 0.131. The Bertz CT molecular complexity index is 356. The van der Waals surface area contributed by atoms with Crippen molar-refractivity contribution in [1.82, 2.24) is 9.80 Å². The first-order chi connectivity index (χ1) is 9.31. The molecule has 1 aliphatic rings. The third kappa shape index (κ3) is 4.60. The van der Waals surface area contributed by atoms with Gasteiger partial charge in [0.05, 0.1) is 6.61 Å². The van der Waals surface area contributed by atoms with Crippen LogP contribution in [-0.4, -0.2) is 49.1 Å². The van der Waals surface area contributed by atoms with Gasteiger partial charge < -0.3 is 9.64 Å². The van der Waals surface area contributed by atoms with E-state index in [9.17, 15) is 0 Å². The molecular weight excluding hydrogens is 236 g/mol. The summed E-state index contributed by atoms with van der Waals surface area (Å²) in [6.07, 6.45) is 0. The van der Waals surface area contributed by atoms with Gasteiger partial charge in [-0.25, -0.2) is 0 Å². The summed E-state index contributed by atoms with van der Waals surface area (Å²) in [4.78, 5) is 5.06. The predicted molar refractivity (Wildman–Crippen MR) is 79.2 cm³/mol. The zero-order chi connectivity index (χ0) is 13.5. The molecule has 3 heteroatoms. The molecule has 2 rings (SSSR count). The van der Waals surface area contributed by atoms with Gasteiger partial charge in [-0.3, -0.25) is 4.90 Å². The average molecular weight is 262 g/mol. The van der Waals surface area contributed by atoms with Gasteiger partial charge in [0.1, 0.15) is 0 Å². The maximum absolute atomic E-state index is 5.42. The molecule has 1 aromatic rings. The highest BCUT2D eigenvalue weighted by molar-refractivity contribution is 5.22. The summed E-state index contributed by atoms with van der Waals surface area (Å²) in [5.74, 6) is 0. The lowest BCUT2D eigenvalue weighted by Gasteiger charge is -2.34. The molecule has 0 N–H and O–H groups in total. The first-order valence-corrected chi connectivity index (χ1v) is 7.42. The van der Waals surface area contributed by atoms with Gasteiger partial charge in [0.2, 0.25) is 0 Å². The molecule has 3 nitrogen and oxygen atoms in total. The smallest absolute Gasteiger partial charge is 0.0716 e. The Labute approximate surface area is 117 Å². The largest absolute Gasteiger partial charge is 0.377 e. The lowest BCUT2D eigenvalue weighted by Crippen LogP contribution is -2.45. The Morgan fingerprint density at radius 2 is 1.47 bits per heavy atom. The zero-order valence-electron chi connectivity index (χ0n) is 12.3. The molecule has 1 fully saturated rings. The van der Waals surface area contributed by atoms with Crippen molar-refractivity contribution in [1.29, 1.82) is 0 Å². The quantitative estimate of drug-likeness (QED) is 0.783. The van der Waals surface area contributed by atoms with E-state index in [1.165, 1.54) is 43.9 Å². The van der Waals surface area contributed by atoms with Crippen molar-refractivity contribution in [3.05, 3.63) is 35.4 Å². The van der Waals surface area contributed by atoms with Crippen LogP contribution in [0.3, 0.4) is 0 Å². The molecule has 0 saturated carbocycles. The van der Waals surface area contributed by atoms with Gasteiger partial charge in [0.15, 0.2) is 0 Å². The van der Waals surface area contributed by atoms with E-state index in [1.54, 1.807) is 0 Å². The molecule has 0 aliphatic carbocycles. The van der Waals surface area contributed by atoms with Crippen molar-refractivity contribution in [3.63, 3.8) is 0 Å². The topological polar surface area (TPSA) is 15.7 Å². The van der Waals surface area contributed by atoms with E-state index in [-0.39, 0.29) is 0 Å². The fourth-order valence-corrected chi connectivity index (χ4v) is 2.48. The number of ether oxygens (including phenoxy) is 1. The van der Waals surface area contributed by atoms with E-state index in [2.05, 4.69) is 41.0 Å². The summed E-state index contributed by atoms with van der Waals surface area (Å²) in [5.41, 5.74) is 2.67. The van der Waals surface area contributed by atoms with Crippen molar-refractivity contribution >= 4 is 0 Å². The van der Waals surface area contributed by atoms with Crippen molar-refractivity contribution in [2.45, 2.75) is 27.0 Å². The van der Waals surface area contributed by atoms with Crippen LogP contribution in [0.25, 0.3) is 0 Å². The number of likely N-dealkylation sites (N-methyl/N-ethyl adjacent to an activating group) is 1. The molecule has 1 aliphatic heterocycles. The minimum atomic E-state index is 0.728. The van der Waals surface area contributed by atoms with Gasteiger partial charge in [-0.05, 0) is 24.6 Å². The normalized spacial score (nSPS) is 17.8. The molecule has 0 bridgehead atoms. The number of hydrogen-bond donors (Lipinski definition) is 0. The van der Waals surface area contributed by atoms with Crippen LogP contribution in [0.1, 0.15) is 25.0 Å². The van der Waals surface area contributed by atoms with E-state index in [4.69, 9.17) is 4.74 Å². The van der Waals surface area contributed by atoms with Gasteiger partial charge in [0, 0.05) is 39.3 Å². The summed E-state index contributed by atoms with van der Waals surface area (Å²) >= 11 is 0. The van der Waals surface area contributed by atoms with Crippen LogP contribution in [0.2, 0.25) is 0 Å². The Balaban J connectivity index is 1.79. The monoisotopic (exact) mass is 262 g/mol. The Hall–Kier alpha value is -0.900. The van der Waals surface area contributed by atoms with Crippen molar-refractivity contribution < 1.29 is 4.74 Å². The Kier molecular flexibility index (Phi) is 5.83. The molecule has 0 unspecified atom stereocenters. The van der Waals surface area contributed by atoms with Gasteiger partial charge in [0.25, 0.3) is 0 Å². The van der Waals surface area contributed by atoms with Crippen molar-refractivity contribution in [2.24, 2.45) is 0 Å². The van der Waals surface area contributed by atoms with E-state index in [0.717, 1.165) is 19.8 Å². The second kappa shape index (κ2) is 7.63. The highest BCUT2D eigenvalue weighted by Gasteiger charge is 2.15. The maximum Gasteiger partial charge on any atom is 0.0716 e. The lowest BCUT2D eigenvalue weighted by atomic mass is 10.1. The van der Waals surface area contributed by atoms with Gasteiger partial charge >= 0.3 is 0 Å².